The second-order valence-electron chi connectivity index (χ2n) is 7.55. The Balaban J connectivity index is 1.73. The van der Waals surface area contributed by atoms with Gasteiger partial charge in [-0.2, -0.15) is 0 Å². The average Bonchev–Trinajstić information content (AvgIpc) is 3.22. The van der Waals surface area contributed by atoms with Crippen molar-refractivity contribution in [2.45, 2.75) is 25.7 Å². The van der Waals surface area contributed by atoms with Gasteiger partial charge in [-0.1, -0.05) is 24.3 Å². The lowest BCUT2D eigenvalue weighted by Gasteiger charge is -2.14. The zero-order chi connectivity index (χ0) is 24.1. The van der Waals surface area contributed by atoms with Gasteiger partial charge >= 0.3 is 5.97 Å². The van der Waals surface area contributed by atoms with E-state index in [0.717, 1.165) is 35.3 Å². The zero-order valence-corrected chi connectivity index (χ0v) is 19.8. The fourth-order valence-electron chi connectivity index (χ4n) is 3.48. The number of methoxy groups -OCH3 is 3. The maximum absolute atomic E-state index is 12.9. The fraction of sp³-hybridized carbons (Fsp3) is 0.280. The molecule has 0 radical (unpaired) electrons. The molecule has 0 saturated carbocycles. The molecule has 1 aromatic heterocycles. The molecule has 3 N–H and O–H groups in total. The molecule has 0 aliphatic carbocycles. The van der Waals surface area contributed by atoms with Crippen molar-refractivity contribution in [3.63, 3.8) is 0 Å². The standard InChI is InChI=1S/C25H27NO6S/c1-14(25(28)29)21-13-18(24(26)33-21)22(27)17-9-7-15(8-10-17)5-6-16-11-19(30-2)23(32-4)20(12-16)31-3/h7-14H,5-6,26H2,1-4H3,(H,28,29). The van der Waals surface area contributed by atoms with Gasteiger partial charge in [-0.25, -0.2) is 0 Å². The summed E-state index contributed by atoms with van der Waals surface area (Å²) in [4.78, 5) is 24.7. The highest BCUT2D eigenvalue weighted by Gasteiger charge is 2.22. The summed E-state index contributed by atoms with van der Waals surface area (Å²) < 4.78 is 16.2. The minimum absolute atomic E-state index is 0.219. The maximum Gasteiger partial charge on any atom is 0.311 e. The van der Waals surface area contributed by atoms with Crippen molar-refractivity contribution in [3.05, 3.63) is 69.6 Å². The van der Waals surface area contributed by atoms with Crippen LogP contribution in [-0.4, -0.2) is 38.2 Å². The van der Waals surface area contributed by atoms with E-state index < -0.39 is 11.9 Å². The molecule has 0 aliphatic heterocycles. The van der Waals surface area contributed by atoms with E-state index in [1.807, 2.05) is 24.3 Å². The van der Waals surface area contributed by atoms with Crippen molar-refractivity contribution in [1.29, 1.82) is 0 Å². The number of aryl methyl sites for hydroxylation is 2. The number of ether oxygens (including phenoxy) is 3. The number of ketones is 1. The van der Waals surface area contributed by atoms with Gasteiger partial charge in [-0.05, 0) is 49.1 Å². The molecule has 2 aromatic carbocycles. The van der Waals surface area contributed by atoms with Crippen LogP contribution in [0.2, 0.25) is 0 Å². The summed E-state index contributed by atoms with van der Waals surface area (Å²) in [5.74, 6) is -0.109. The summed E-state index contributed by atoms with van der Waals surface area (Å²) >= 11 is 1.14. The van der Waals surface area contributed by atoms with Crippen LogP contribution in [-0.2, 0) is 17.6 Å². The number of carbonyl (C=O) groups excluding carboxylic acids is 1. The minimum atomic E-state index is -0.952. The Labute approximate surface area is 196 Å². The monoisotopic (exact) mass is 469 g/mol. The third kappa shape index (κ3) is 5.28. The molecule has 0 spiro atoms. The number of thiophene rings is 1. The van der Waals surface area contributed by atoms with Crippen LogP contribution in [0.5, 0.6) is 17.2 Å². The predicted octanol–water partition coefficient (Wildman–Crippen LogP) is 4.56. The minimum Gasteiger partial charge on any atom is -0.493 e. The van der Waals surface area contributed by atoms with Gasteiger partial charge in [0.25, 0.3) is 0 Å². The van der Waals surface area contributed by atoms with Crippen molar-refractivity contribution >= 4 is 28.1 Å². The maximum atomic E-state index is 12.9. The third-order valence-corrected chi connectivity index (χ3v) is 6.61. The molecule has 174 valence electrons. The molecular formula is C25H27NO6S. The summed E-state index contributed by atoms with van der Waals surface area (Å²) in [5.41, 5.74) is 8.96. The topological polar surface area (TPSA) is 108 Å². The van der Waals surface area contributed by atoms with Gasteiger partial charge in [0.2, 0.25) is 5.75 Å². The fourth-order valence-corrected chi connectivity index (χ4v) is 4.45. The van der Waals surface area contributed by atoms with Crippen molar-refractivity contribution in [2.24, 2.45) is 0 Å². The van der Waals surface area contributed by atoms with Crippen molar-refractivity contribution in [2.75, 3.05) is 27.1 Å². The summed E-state index contributed by atoms with van der Waals surface area (Å²) in [6.07, 6.45) is 1.51. The van der Waals surface area contributed by atoms with Crippen LogP contribution in [0, 0.1) is 0 Å². The zero-order valence-electron chi connectivity index (χ0n) is 19.0. The predicted molar refractivity (Wildman–Crippen MR) is 128 cm³/mol. The molecule has 1 atom stereocenters. The number of carbonyl (C=O) groups is 2. The molecule has 8 heteroatoms. The highest BCUT2D eigenvalue weighted by Crippen LogP contribution is 2.38. The largest absolute Gasteiger partial charge is 0.493 e. The first-order valence-corrected chi connectivity index (χ1v) is 11.1. The van der Waals surface area contributed by atoms with Crippen LogP contribution in [0.3, 0.4) is 0 Å². The quantitative estimate of drug-likeness (QED) is 0.419. The lowest BCUT2D eigenvalue weighted by atomic mass is 9.99. The molecule has 1 unspecified atom stereocenters. The highest BCUT2D eigenvalue weighted by atomic mass is 32.1. The van der Waals surface area contributed by atoms with E-state index in [1.54, 1.807) is 46.5 Å². The average molecular weight is 470 g/mol. The molecular weight excluding hydrogens is 442 g/mol. The van der Waals surface area contributed by atoms with E-state index >= 15 is 0 Å². The van der Waals surface area contributed by atoms with E-state index in [9.17, 15) is 14.7 Å². The van der Waals surface area contributed by atoms with Crippen LogP contribution in [0.25, 0.3) is 0 Å². The van der Waals surface area contributed by atoms with Gasteiger partial charge in [0, 0.05) is 10.4 Å². The highest BCUT2D eigenvalue weighted by molar-refractivity contribution is 7.16. The summed E-state index contributed by atoms with van der Waals surface area (Å²) in [7, 11) is 4.74. The molecule has 0 fully saturated rings. The summed E-state index contributed by atoms with van der Waals surface area (Å²) in [6.45, 7) is 1.57. The molecule has 0 amide bonds. The number of nitrogen functional groups attached to an aromatic ring is 1. The molecule has 7 nitrogen and oxygen atoms in total. The number of hydrogen-bond acceptors (Lipinski definition) is 7. The lowest BCUT2D eigenvalue weighted by Crippen LogP contribution is -2.06. The van der Waals surface area contributed by atoms with E-state index in [0.29, 0.717) is 38.3 Å². The van der Waals surface area contributed by atoms with Crippen LogP contribution < -0.4 is 19.9 Å². The molecule has 0 bridgehead atoms. The number of rotatable bonds is 10. The Kier molecular flexibility index (Phi) is 7.60. The molecule has 33 heavy (non-hydrogen) atoms. The Morgan fingerprint density at radius 2 is 1.52 bits per heavy atom. The Hall–Kier alpha value is -3.52. The van der Waals surface area contributed by atoms with Crippen LogP contribution >= 0.6 is 11.3 Å². The Bertz CT molecular complexity index is 1130. The Morgan fingerprint density at radius 3 is 2.03 bits per heavy atom. The van der Waals surface area contributed by atoms with Gasteiger partial charge in [-0.3, -0.25) is 9.59 Å². The Morgan fingerprint density at radius 1 is 0.939 bits per heavy atom. The second kappa shape index (κ2) is 10.4. The first-order valence-electron chi connectivity index (χ1n) is 10.3. The SMILES string of the molecule is COc1cc(CCc2ccc(C(=O)c3cc(C(C)C(=O)O)sc3N)cc2)cc(OC)c1OC. The van der Waals surface area contributed by atoms with Crippen LogP contribution in [0.1, 0.15) is 44.8 Å². The van der Waals surface area contributed by atoms with Crippen molar-refractivity contribution in [3.8, 4) is 17.2 Å². The first-order chi connectivity index (χ1) is 15.8. The van der Waals surface area contributed by atoms with E-state index in [2.05, 4.69) is 0 Å². The normalized spacial score (nSPS) is 11.6. The smallest absolute Gasteiger partial charge is 0.311 e. The van der Waals surface area contributed by atoms with Gasteiger partial charge in [-0.15, -0.1) is 11.3 Å². The summed E-state index contributed by atoms with van der Waals surface area (Å²) in [6, 6.07) is 12.8. The van der Waals surface area contributed by atoms with E-state index in [-0.39, 0.29) is 5.78 Å². The third-order valence-electron chi connectivity index (χ3n) is 5.46. The van der Waals surface area contributed by atoms with E-state index in [4.69, 9.17) is 19.9 Å². The number of aliphatic carboxylic acids is 1. The molecule has 3 rings (SSSR count). The number of anilines is 1. The van der Waals surface area contributed by atoms with E-state index in [1.165, 1.54) is 0 Å². The van der Waals surface area contributed by atoms with Gasteiger partial charge < -0.3 is 25.1 Å². The van der Waals surface area contributed by atoms with Crippen molar-refractivity contribution < 1.29 is 28.9 Å². The first kappa shape index (κ1) is 24.1. The van der Waals surface area contributed by atoms with Crippen molar-refractivity contribution in [1.82, 2.24) is 0 Å². The number of carboxylic acid groups (broad SMARTS) is 1. The number of benzene rings is 2. The second-order valence-corrected chi connectivity index (χ2v) is 8.66. The van der Waals surface area contributed by atoms with Gasteiger partial charge in [0.05, 0.1) is 37.8 Å². The van der Waals surface area contributed by atoms with Crippen LogP contribution in [0.15, 0.2) is 42.5 Å². The molecule has 0 saturated heterocycles. The molecule has 0 aliphatic rings. The lowest BCUT2D eigenvalue weighted by molar-refractivity contribution is -0.138. The van der Waals surface area contributed by atoms with Gasteiger partial charge in [0.1, 0.15) is 0 Å². The molecule has 3 aromatic rings. The number of nitrogens with two attached hydrogens (primary N) is 1. The van der Waals surface area contributed by atoms with Gasteiger partial charge in [0.15, 0.2) is 17.3 Å². The molecule has 1 heterocycles. The van der Waals surface area contributed by atoms with Crippen LogP contribution in [0.4, 0.5) is 5.00 Å². The summed E-state index contributed by atoms with van der Waals surface area (Å²) in [5, 5.41) is 9.53. The number of carboxylic acids is 1. The number of hydrogen-bond donors (Lipinski definition) is 2.